The van der Waals surface area contributed by atoms with Gasteiger partial charge in [-0.1, -0.05) is 0 Å². The number of aromatic nitrogens is 2. The average molecular weight is 306 g/mol. The summed E-state index contributed by atoms with van der Waals surface area (Å²) in [6, 6.07) is 7.85. The highest BCUT2D eigenvalue weighted by Crippen LogP contribution is 2.30. The van der Waals surface area contributed by atoms with Crippen LogP contribution in [0.4, 0.5) is 0 Å². The van der Waals surface area contributed by atoms with Crippen LogP contribution in [-0.2, 0) is 6.54 Å². The molecule has 2 aromatic rings. The van der Waals surface area contributed by atoms with Crippen LogP contribution >= 0.6 is 23.4 Å². The lowest BCUT2D eigenvalue weighted by Gasteiger charge is -2.14. The summed E-state index contributed by atoms with van der Waals surface area (Å²) in [7, 11) is 0. The molecule has 0 saturated carbocycles. The van der Waals surface area contributed by atoms with Gasteiger partial charge >= 0.3 is 0 Å². The smallest absolute Gasteiger partial charge is 0.127 e. The number of halogens is 1. The molecule has 1 saturated heterocycles. The molecular weight excluding hydrogens is 290 g/mol. The molecule has 1 aliphatic rings. The zero-order valence-electron chi connectivity index (χ0n) is 11.3. The maximum absolute atomic E-state index is 9.08. The van der Waals surface area contributed by atoms with Gasteiger partial charge in [0.25, 0.3) is 0 Å². The third-order valence-corrected chi connectivity index (χ3v) is 5.15. The monoisotopic (exact) mass is 305 g/mol. The van der Waals surface area contributed by atoms with E-state index < -0.39 is 0 Å². The summed E-state index contributed by atoms with van der Waals surface area (Å²) in [4.78, 5) is 4.64. The number of thioether (sulfide) groups is 1. The van der Waals surface area contributed by atoms with Crippen LogP contribution in [0.3, 0.4) is 0 Å². The van der Waals surface area contributed by atoms with E-state index in [9.17, 15) is 0 Å². The summed E-state index contributed by atoms with van der Waals surface area (Å²) in [6.45, 7) is 2.90. The van der Waals surface area contributed by atoms with Crippen LogP contribution in [0.5, 0.6) is 0 Å². The summed E-state index contributed by atoms with van der Waals surface area (Å²) in [5, 5.41) is 8.96. The van der Waals surface area contributed by atoms with E-state index in [0.29, 0.717) is 11.5 Å². The molecule has 1 fully saturated rings. The molecule has 0 radical (unpaired) electrons. The van der Waals surface area contributed by atoms with Gasteiger partial charge in [-0.15, -0.1) is 11.6 Å². The quantitative estimate of drug-likeness (QED) is 0.806. The van der Waals surface area contributed by atoms with Crippen LogP contribution in [0.25, 0.3) is 11.0 Å². The minimum atomic E-state index is -0.123. The van der Waals surface area contributed by atoms with Gasteiger partial charge in [-0.05, 0) is 49.0 Å². The maximum Gasteiger partial charge on any atom is 0.127 e. The summed E-state index contributed by atoms with van der Waals surface area (Å²) < 4.78 is 2.21. The predicted molar refractivity (Wildman–Crippen MR) is 84.1 cm³/mol. The van der Waals surface area contributed by atoms with Crippen LogP contribution in [0.15, 0.2) is 18.2 Å². The molecule has 2 atom stereocenters. The third-order valence-electron chi connectivity index (χ3n) is 3.73. The second kappa shape index (κ2) is 5.67. The largest absolute Gasteiger partial charge is 0.326 e. The molecule has 3 rings (SSSR count). The van der Waals surface area contributed by atoms with Crippen molar-refractivity contribution in [3.05, 3.63) is 29.6 Å². The van der Waals surface area contributed by atoms with Gasteiger partial charge in [-0.3, -0.25) is 0 Å². The molecule has 5 heteroatoms. The van der Waals surface area contributed by atoms with E-state index in [4.69, 9.17) is 16.9 Å². The number of benzene rings is 1. The second-order valence-corrected chi connectivity index (χ2v) is 7.05. The molecule has 2 heterocycles. The topological polar surface area (TPSA) is 41.6 Å². The Morgan fingerprint density at radius 1 is 1.60 bits per heavy atom. The van der Waals surface area contributed by atoms with Crippen LogP contribution in [0, 0.1) is 17.2 Å². The average Bonchev–Trinajstić information content (AvgIpc) is 3.07. The Hall–Kier alpha value is -1.18. The van der Waals surface area contributed by atoms with Gasteiger partial charge in [0.05, 0.1) is 28.0 Å². The van der Waals surface area contributed by atoms with E-state index in [1.165, 1.54) is 17.9 Å². The number of nitrogens with zero attached hydrogens (tertiary/aromatic N) is 3. The van der Waals surface area contributed by atoms with Crippen LogP contribution in [0.1, 0.15) is 30.1 Å². The minimum absolute atomic E-state index is 0.123. The Labute approximate surface area is 127 Å². The molecule has 0 N–H and O–H groups in total. The summed E-state index contributed by atoms with van der Waals surface area (Å²) in [6.07, 6.45) is 1.25. The van der Waals surface area contributed by atoms with Crippen molar-refractivity contribution in [2.45, 2.75) is 25.3 Å². The number of nitriles is 1. The van der Waals surface area contributed by atoms with Crippen molar-refractivity contribution >= 4 is 34.4 Å². The zero-order chi connectivity index (χ0) is 14.1. The normalized spacial score (nSPS) is 20.1. The predicted octanol–water partition coefficient (Wildman–Crippen LogP) is 3.96. The molecule has 0 amide bonds. The van der Waals surface area contributed by atoms with E-state index in [-0.39, 0.29) is 5.38 Å². The first-order valence-electron chi connectivity index (χ1n) is 6.81. The highest BCUT2D eigenvalue weighted by molar-refractivity contribution is 7.99. The number of fused-ring (bicyclic) bond motifs is 1. The second-order valence-electron chi connectivity index (χ2n) is 5.24. The highest BCUT2D eigenvalue weighted by atomic mass is 35.5. The molecule has 104 valence electrons. The fourth-order valence-electron chi connectivity index (χ4n) is 2.69. The summed E-state index contributed by atoms with van der Waals surface area (Å²) >= 11 is 8.30. The fraction of sp³-hybridized carbons (Fsp3) is 0.467. The minimum Gasteiger partial charge on any atom is -0.326 e. The molecule has 1 aliphatic heterocycles. The molecule has 20 heavy (non-hydrogen) atoms. The first-order valence-corrected chi connectivity index (χ1v) is 8.40. The van der Waals surface area contributed by atoms with Gasteiger partial charge in [0.1, 0.15) is 5.82 Å². The summed E-state index contributed by atoms with van der Waals surface area (Å²) in [5.41, 5.74) is 2.63. The van der Waals surface area contributed by atoms with Crippen molar-refractivity contribution in [3.63, 3.8) is 0 Å². The van der Waals surface area contributed by atoms with E-state index in [1.807, 2.05) is 36.9 Å². The molecule has 0 spiro atoms. The molecule has 1 aromatic heterocycles. The third kappa shape index (κ3) is 2.53. The van der Waals surface area contributed by atoms with Crippen molar-refractivity contribution < 1.29 is 0 Å². The number of hydrogen-bond donors (Lipinski definition) is 0. The van der Waals surface area contributed by atoms with E-state index in [1.54, 1.807) is 0 Å². The van der Waals surface area contributed by atoms with Gasteiger partial charge in [-0.2, -0.15) is 17.0 Å². The van der Waals surface area contributed by atoms with Gasteiger partial charge < -0.3 is 4.57 Å². The number of rotatable bonds is 3. The van der Waals surface area contributed by atoms with E-state index in [2.05, 4.69) is 15.6 Å². The Morgan fingerprint density at radius 3 is 3.10 bits per heavy atom. The standard InChI is InChI=1S/C15H16ClN3S/c1-10(16)15-18-13-3-2-11(7-17)6-14(13)19(15)8-12-4-5-20-9-12/h2-3,6,10,12H,4-5,8-9H2,1H3. The van der Waals surface area contributed by atoms with Crippen molar-refractivity contribution in [3.8, 4) is 6.07 Å². The van der Waals surface area contributed by atoms with Crippen molar-refractivity contribution in [2.75, 3.05) is 11.5 Å². The van der Waals surface area contributed by atoms with Crippen LogP contribution < -0.4 is 0 Å². The van der Waals surface area contributed by atoms with Crippen LogP contribution in [0.2, 0.25) is 0 Å². The van der Waals surface area contributed by atoms with Crippen LogP contribution in [-0.4, -0.2) is 21.1 Å². The van der Waals surface area contributed by atoms with Gasteiger partial charge in [0.15, 0.2) is 0 Å². The molecule has 1 aromatic carbocycles. The molecular formula is C15H16ClN3S. The van der Waals surface area contributed by atoms with E-state index in [0.717, 1.165) is 23.4 Å². The van der Waals surface area contributed by atoms with Crippen molar-refractivity contribution in [1.29, 1.82) is 5.26 Å². The van der Waals surface area contributed by atoms with Gasteiger partial charge in [0, 0.05) is 6.54 Å². The Kier molecular flexibility index (Phi) is 3.91. The lowest BCUT2D eigenvalue weighted by atomic mass is 10.1. The Balaban J connectivity index is 2.09. The molecule has 2 unspecified atom stereocenters. The first-order chi connectivity index (χ1) is 9.69. The Bertz CT molecular complexity index is 666. The summed E-state index contributed by atoms with van der Waals surface area (Å²) in [5.74, 6) is 4.03. The molecule has 3 nitrogen and oxygen atoms in total. The maximum atomic E-state index is 9.08. The highest BCUT2D eigenvalue weighted by Gasteiger charge is 2.21. The SMILES string of the molecule is CC(Cl)c1nc2ccc(C#N)cc2n1CC1CCSC1. The zero-order valence-corrected chi connectivity index (χ0v) is 12.9. The first kappa shape index (κ1) is 13.8. The number of alkyl halides is 1. The Morgan fingerprint density at radius 2 is 2.45 bits per heavy atom. The lowest BCUT2D eigenvalue weighted by Crippen LogP contribution is -2.13. The van der Waals surface area contributed by atoms with Gasteiger partial charge in [-0.25, -0.2) is 4.98 Å². The molecule has 0 bridgehead atoms. The van der Waals surface area contributed by atoms with Gasteiger partial charge in [0.2, 0.25) is 0 Å². The van der Waals surface area contributed by atoms with E-state index >= 15 is 0 Å². The number of hydrogen-bond acceptors (Lipinski definition) is 3. The number of imidazole rings is 1. The van der Waals surface area contributed by atoms with Crippen molar-refractivity contribution in [2.24, 2.45) is 5.92 Å². The molecule has 0 aliphatic carbocycles. The fourth-order valence-corrected chi connectivity index (χ4v) is 4.13. The van der Waals surface area contributed by atoms with Crippen molar-refractivity contribution in [1.82, 2.24) is 9.55 Å². The lowest BCUT2D eigenvalue weighted by molar-refractivity contribution is 0.488.